The Bertz CT molecular complexity index is 340. The number of hydrogen-bond acceptors (Lipinski definition) is 3. The molecule has 3 N–H and O–H groups in total. The van der Waals surface area contributed by atoms with E-state index in [2.05, 4.69) is 10.6 Å². The number of carboxylic acid groups (broad SMARTS) is 1. The molecule has 0 radical (unpaired) electrons. The van der Waals surface area contributed by atoms with Crippen molar-refractivity contribution in [1.82, 2.24) is 10.6 Å². The first-order valence-corrected chi connectivity index (χ1v) is 6.52. The Morgan fingerprint density at radius 1 is 1.37 bits per heavy atom. The standard InChI is InChI=1S/C13H24N2O4/c1-12(2,3)9(10(16)17)15-11(18)14-8-13(19-4)6-5-7-13/h9H,5-8H2,1-4H3,(H,16,17)(H2,14,15,18). The highest BCUT2D eigenvalue weighted by Gasteiger charge is 2.38. The van der Waals surface area contributed by atoms with Crippen molar-refractivity contribution in [3.8, 4) is 0 Å². The molecule has 1 atom stereocenters. The van der Waals surface area contributed by atoms with Gasteiger partial charge in [0.1, 0.15) is 6.04 Å². The number of aliphatic carboxylic acids is 1. The van der Waals surface area contributed by atoms with Crippen LogP contribution in [0.4, 0.5) is 4.79 Å². The fourth-order valence-corrected chi connectivity index (χ4v) is 2.10. The molecule has 110 valence electrons. The van der Waals surface area contributed by atoms with Crippen LogP contribution in [-0.4, -0.2) is 42.4 Å². The number of rotatable bonds is 5. The Hall–Kier alpha value is -1.30. The maximum Gasteiger partial charge on any atom is 0.326 e. The summed E-state index contributed by atoms with van der Waals surface area (Å²) in [6, 6.07) is -1.39. The monoisotopic (exact) mass is 272 g/mol. The van der Waals surface area contributed by atoms with Crippen LogP contribution in [0.2, 0.25) is 0 Å². The SMILES string of the molecule is COC1(CNC(=O)NC(C(=O)O)C(C)(C)C)CCC1. The second-order valence-electron chi connectivity index (χ2n) is 6.20. The van der Waals surface area contributed by atoms with Gasteiger partial charge in [-0.25, -0.2) is 9.59 Å². The van der Waals surface area contributed by atoms with Crippen LogP contribution in [0.25, 0.3) is 0 Å². The van der Waals surface area contributed by atoms with Gasteiger partial charge in [-0.05, 0) is 24.7 Å². The summed E-state index contributed by atoms with van der Waals surface area (Å²) in [4.78, 5) is 22.9. The molecule has 19 heavy (non-hydrogen) atoms. The molecule has 1 aliphatic carbocycles. The molecule has 1 saturated carbocycles. The smallest absolute Gasteiger partial charge is 0.326 e. The van der Waals surface area contributed by atoms with E-state index in [1.165, 1.54) is 0 Å². The molecule has 6 heteroatoms. The van der Waals surface area contributed by atoms with E-state index in [0.717, 1.165) is 19.3 Å². The zero-order valence-corrected chi connectivity index (χ0v) is 12.1. The van der Waals surface area contributed by atoms with E-state index in [0.29, 0.717) is 6.54 Å². The topological polar surface area (TPSA) is 87.7 Å². The molecule has 1 aliphatic rings. The van der Waals surface area contributed by atoms with Crippen molar-refractivity contribution in [3.63, 3.8) is 0 Å². The van der Waals surface area contributed by atoms with Crippen LogP contribution in [-0.2, 0) is 9.53 Å². The van der Waals surface area contributed by atoms with Crippen LogP contribution in [0.5, 0.6) is 0 Å². The molecule has 1 unspecified atom stereocenters. The number of carbonyl (C=O) groups excluding carboxylic acids is 1. The summed E-state index contributed by atoms with van der Waals surface area (Å²) in [5.41, 5.74) is -0.809. The first kappa shape index (κ1) is 15.8. The number of hydrogen-bond donors (Lipinski definition) is 3. The van der Waals surface area contributed by atoms with Gasteiger partial charge in [0.15, 0.2) is 0 Å². The van der Waals surface area contributed by atoms with Gasteiger partial charge < -0.3 is 20.5 Å². The molecule has 6 nitrogen and oxygen atoms in total. The van der Waals surface area contributed by atoms with Gasteiger partial charge in [-0.1, -0.05) is 20.8 Å². The van der Waals surface area contributed by atoms with Gasteiger partial charge in [-0.2, -0.15) is 0 Å². The highest BCUT2D eigenvalue weighted by atomic mass is 16.5. The predicted octanol–water partition coefficient (Wildman–Crippen LogP) is 1.35. The molecule has 0 spiro atoms. The fourth-order valence-electron chi connectivity index (χ4n) is 2.10. The number of nitrogens with one attached hydrogen (secondary N) is 2. The highest BCUT2D eigenvalue weighted by molar-refractivity contribution is 5.83. The van der Waals surface area contributed by atoms with Crippen LogP contribution < -0.4 is 10.6 Å². The summed E-state index contributed by atoms with van der Waals surface area (Å²) < 4.78 is 5.39. The lowest BCUT2D eigenvalue weighted by atomic mass is 9.80. The molecular weight excluding hydrogens is 248 g/mol. The van der Waals surface area contributed by atoms with Crippen molar-refractivity contribution in [2.75, 3.05) is 13.7 Å². The van der Waals surface area contributed by atoms with Gasteiger partial charge in [-0.15, -0.1) is 0 Å². The highest BCUT2D eigenvalue weighted by Crippen LogP contribution is 2.34. The summed E-state index contributed by atoms with van der Waals surface area (Å²) in [7, 11) is 1.63. The lowest BCUT2D eigenvalue weighted by Crippen LogP contribution is -2.56. The lowest BCUT2D eigenvalue weighted by molar-refractivity contribution is -0.141. The fraction of sp³-hybridized carbons (Fsp3) is 0.846. The number of amides is 2. The van der Waals surface area contributed by atoms with Crippen LogP contribution in [0, 0.1) is 5.41 Å². The molecule has 0 aromatic carbocycles. The summed E-state index contributed by atoms with van der Waals surface area (Å²) in [6.45, 7) is 5.73. The first-order valence-electron chi connectivity index (χ1n) is 6.52. The van der Waals surface area contributed by atoms with Gasteiger partial charge >= 0.3 is 12.0 Å². The third-order valence-corrected chi connectivity index (χ3v) is 3.66. The maximum absolute atomic E-state index is 11.8. The van der Waals surface area contributed by atoms with Crippen molar-refractivity contribution < 1.29 is 19.4 Å². The number of ether oxygens (including phenoxy) is 1. The molecule has 0 aliphatic heterocycles. The number of carbonyl (C=O) groups is 2. The molecule has 0 bridgehead atoms. The lowest BCUT2D eigenvalue weighted by Gasteiger charge is -2.40. The maximum atomic E-state index is 11.8. The van der Waals surface area contributed by atoms with E-state index in [1.807, 2.05) is 0 Å². The van der Waals surface area contributed by atoms with Gasteiger partial charge in [-0.3, -0.25) is 0 Å². The van der Waals surface area contributed by atoms with E-state index in [-0.39, 0.29) is 5.60 Å². The third kappa shape index (κ3) is 4.09. The van der Waals surface area contributed by atoms with Crippen molar-refractivity contribution in [3.05, 3.63) is 0 Å². The Morgan fingerprint density at radius 2 is 1.95 bits per heavy atom. The number of carboxylic acids is 1. The minimum absolute atomic E-state index is 0.266. The Labute approximate surface area is 113 Å². The first-order chi connectivity index (χ1) is 8.70. The summed E-state index contributed by atoms with van der Waals surface area (Å²) in [5, 5.41) is 14.3. The van der Waals surface area contributed by atoms with Gasteiger partial charge in [0, 0.05) is 13.7 Å². The third-order valence-electron chi connectivity index (χ3n) is 3.66. The number of urea groups is 1. The molecule has 1 rings (SSSR count). The molecule has 2 amide bonds. The molecular formula is C13H24N2O4. The normalized spacial score (nSPS) is 19.2. The van der Waals surface area contributed by atoms with Crippen molar-refractivity contribution in [1.29, 1.82) is 0 Å². The molecule has 0 heterocycles. The second-order valence-corrected chi connectivity index (χ2v) is 6.20. The summed E-state index contributed by atoms with van der Waals surface area (Å²) >= 11 is 0. The zero-order valence-electron chi connectivity index (χ0n) is 12.1. The van der Waals surface area contributed by atoms with Crippen molar-refractivity contribution in [2.45, 2.75) is 51.7 Å². The van der Waals surface area contributed by atoms with Crippen LogP contribution >= 0.6 is 0 Å². The summed E-state index contributed by atoms with van der Waals surface area (Å²) in [6.07, 6.45) is 2.94. The van der Waals surface area contributed by atoms with Crippen molar-refractivity contribution in [2.24, 2.45) is 5.41 Å². The van der Waals surface area contributed by atoms with Crippen LogP contribution in [0.3, 0.4) is 0 Å². The zero-order chi connectivity index (χ0) is 14.7. The Kier molecular flexibility index (Phi) is 4.79. The van der Waals surface area contributed by atoms with E-state index in [9.17, 15) is 9.59 Å². The molecule has 1 fully saturated rings. The van der Waals surface area contributed by atoms with E-state index in [4.69, 9.17) is 9.84 Å². The minimum atomic E-state index is -1.03. The van der Waals surface area contributed by atoms with E-state index < -0.39 is 23.5 Å². The van der Waals surface area contributed by atoms with Crippen molar-refractivity contribution >= 4 is 12.0 Å². The summed E-state index contributed by atoms with van der Waals surface area (Å²) in [5.74, 6) is -1.03. The van der Waals surface area contributed by atoms with E-state index in [1.54, 1.807) is 27.9 Å². The minimum Gasteiger partial charge on any atom is -0.480 e. The molecule has 0 aromatic rings. The van der Waals surface area contributed by atoms with E-state index >= 15 is 0 Å². The predicted molar refractivity (Wildman–Crippen MR) is 71.0 cm³/mol. The average Bonchev–Trinajstić information content (AvgIpc) is 2.23. The van der Waals surface area contributed by atoms with Gasteiger partial charge in [0.05, 0.1) is 5.60 Å². The largest absolute Gasteiger partial charge is 0.480 e. The number of methoxy groups -OCH3 is 1. The Balaban J connectivity index is 2.47. The second kappa shape index (κ2) is 5.77. The Morgan fingerprint density at radius 3 is 2.26 bits per heavy atom. The molecule has 0 saturated heterocycles. The van der Waals surface area contributed by atoms with Crippen LogP contribution in [0.15, 0.2) is 0 Å². The quantitative estimate of drug-likeness (QED) is 0.705. The molecule has 0 aromatic heterocycles. The van der Waals surface area contributed by atoms with Crippen LogP contribution in [0.1, 0.15) is 40.0 Å². The van der Waals surface area contributed by atoms with Gasteiger partial charge in [0.25, 0.3) is 0 Å². The average molecular weight is 272 g/mol. The van der Waals surface area contributed by atoms with Gasteiger partial charge in [0.2, 0.25) is 0 Å².